The number of nitrogens with zero attached hydrogens (tertiary/aromatic N) is 1. The number of carbonyl (C=O) groups is 1. The first-order chi connectivity index (χ1) is 7.29. The molecule has 1 saturated carbocycles. The fraction of sp³-hybridized carbons (Fsp3) is 0.600. The van der Waals surface area contributed by atoms with Gasteiger partial charge in [0.25, 0.3) is 0 Å². The van der Waals surface area contributed by atoms with Gasteiger partial charge >= 0.3 is 0 Å². The first-order valence-corrected chi connectivity index (χ1v) is 6.07. The maximum atomic E-state index is 11.3. The molecule has 5 heteroatoms. The second-order valence-corrected chi connectivity index (χ2v) is 4.57. The Hall–Kier alpha value is -1.10. The number of nitrogens with one attached hydrogen (secondary N) is 2. The van der Waals surface area contributed by atoms with Crippen molar-refractivity contribution in [2.45, 2.75) is 19.3 Å². The van der Waals surface area contributed by atoms with Gasteiger partial charge in [-0.2, -0.15) is 0 Å². The largest absolute Gasteiger partial charge is 0.365 e. The van der Waals surface area contributed by atoms with E-state index in [0.29, 0.717) is 12.5 Å². The third-order valence-electron chi connectivity index (χ3n) is 2.39. The molecule has 4 nitrogen and oxygen atoms in total. The normalized spacial score (nSPS) is 15.0. The molecule has 0 atom stereocenters. The summed E-state index contributed by atoms with van der Waals surface area (Å²) in [6.07, 6.45) is 2.94. The lowest BCUT2D eigenvalue weighted by atomic mass is 10.3. The molecule has 1 aliphatic carbocycles. The number of rotatable bonds is 5. The van der Waals surface area contributed by atoms with Gasteiger partial charge in [0.1, 0.15) is 0 Å². The van der Waals surface area contributed by atoms with Crippen LogP contribution in [0.15, 0.2) is 5.38 Å². The highest BCUT2D eigenvalue weighted by Crippen LogP contribution is 2.28. The molecule has 2 N–H and O–H groups in total. The van der Waals surface area contributed by atoms with Crippen LogP contribution in [0.2, 0.25) is 0 Å². The van der Waals surface area contributed by atoms with Crippen LogP contribution in [0.5, 0.6) is 0 Å². The van der Waals surface area contributed by atoms with Crippen molar-refractivity contribution in [3.63, 3.8) is 0 Å². The summed E-state index contributed by atoms with van der Waals surface area (Å²) in [5, 5.41) is 8.87. The molecule has 2 rings (SSSR count). The molecule has 0 bridgehead atoms. The highest BCUT2D eigenvalue weighted by molar-refractivity contribution is 7.13. The average Bonchev–Trinajstić information content (AvgIpc) is 2.99. The molecule has 1 aromatic heterocycles. The minimum Gasteiger partial charge on any atom is -0.365 e. The van der Waals surface area contributed by atoms with Gasteiger partial charge in [0, 0.05) is 31.3 Å². The van der Waals surface area contributed by atoms with Crippen molar-refractivity contribution in [2.24, 2.45) is 5.92 Å². The van der Waals surface area contributed by atoms with Crippen molar-refractivity contribution in [3.8, 4) is 0 Å². The van der Waals surface area contributed by atoms with Crippen molar-refractivity contribution >= 4 is 22.4 Å². The summed E-state index contributed by atoms with van der Waals surface area (Å²) in [5.41, 5.74) is 1.04. The zero-order chi connectivity index (χ0) is 10.7. The molecule has 1 aromatic rings. The van der Waals surface area contributed by atoms with Gasteiger partial charge in [-0.15, -0.1) is 11.3 Å². The number of hydrogen-bond acceptors (Lipinski definition) is 4. The summed E-state index contributed by atoms with van der Waals surface area (Å²) in [6.45, 7) is 0.697. The van der Waals surface area contributed by atoms with E-state index in [1.54, 1.807) is 11.3 Å². The summed E-state index contributed by atoms with van der Waals surface area (Å²) in [5.74, 6) is 0.507. The predicted molar refractivity (Wildman–Crippen MR) is 61.1 cm³/mol. The second kappa shape index (κ2) is 4.61. The average molecular weight is 225 g/mol. The van der Waals surface area contributed by atoms with Crippen molar-refractivity contribution in [2.75, 3.05) is 18.9 Å². The quantitative estimate of drug-likeness (QED) is 0.793. The van der Waals surface area contributed by atoms with E-state index in [0.717, 1.165) is 30.1 Å². The van der Waals surface area contributed by atoms with Crippen molar-refractivity contribution in [1.29, 1.82) is 0 Å². The number of hydrogen-bond donors (Lipinski definition) is 2. The van der Waals surface area contributed by atoms with Crippen LogP contribution < -0.4 is 10.6 Å². The molecule has 1 fully saturated rings. The molecule has 0 radical (unpaired) electrons. The van der Waals surface area contributed by atoms with Gasteiger partial charge in [-0.25, -0.2) is 4.98 Å². The Bertz CT molecular complexity index is 346. The van der Waals surface area contributed by atoms with Crippen LogP contribution in [0, 0.1) is 5.92 Å². The summed E-state index contributed by atoms with van der Waals surface area (Å²) >= 11 is 1.59. The van der Waals surface area contributed by atoms with Crippen LogP contribution in [0.4, 0.5) is 5.13 Å². The lowest BCUT2D eigenvalue weighted by Crippen LogP contribution is -2.26. The minimum atomic E-state index is 0.207. The molecule has 1 heterocycles. The summed E-state index contributed by atoms with van der Waals surface area (Å²) in [6, 6.07) is 0. The summed E-state index contributed by atoms with van der Waals surface area (Å²) < 4.78 is 0. The van der Waals surface area contributed by atoms with Crippen LogP contribution in [-0.2, 0) is 11.2 Å². The fourth-order valence-corrected chi connectivity index (χ4v) is 2.05. The van der Waals surface area contributed by atoms with Gasteiger partial charge in [0.05, 0.1) is 5.69 Å². The Morgan fingerprint density at radius 3 is 3.07 bits per heavy atom. The van der Waals surface area contributed by atoms with Crippen LogP contribution in [0.3, 0.4) is 0 Å². The minimum absolute atomic E-state index is 0.207. The maximum Gasteiger partial charge on any atom is 0.223 e. The van der Waals surface area contributed by atoms with Crippen LogP contribution in [0.1, 0.15) is 18.5 Å². The molecular weight excluding hydrogens is 210 g/mol. The first kappa shape index (κ1) is 10.4. The Balaban J connectivity index is 1.70. The van der Waals surface area contributed by atoms with E-state index in [-0.39, 0.29) is 5.91 Å². The van der Waals surface area contributed by atoms with Crippen molar-refractivity contribution < 1.29 is 4.79 Å². The van der Waals surface area contributed by atoms with Crippen LogP contribution in [-0.4, -0.2) is 24.5 Å². The Kier molecular flexibility index (Phi) is 3.20. The monoisotopic (exact) mass is 225 g/mol. The van der Waals surface area contributed by atoms with Crippen LogP contribution in [0.25, 0.3) is 0 Å². The number of thiazole rings is 1. The smallest absolute Gasteiger partial charge is 0.223 e. The van der Waals surface area contributed by atoms with E-state index in [1.807, 2.05) is 12.4 Å². The first-order valence-electron chi connectivity index (χ1n) is 5.19. The Morgan fingerprint density at radius 1 is 1.67 bits per heavy atom. The predicted octanol–water partition coefficient (Wildman–Crippen LogP) is 1.25. The molecule has 15 heavy (non-hydrogen) atoms. The van der Waals surface area contributed by atoms with Gasteiger partial charge in [0.2, 0.25) is 5.91 Å². The van der Waals surface area contributed by atoms with E-state index in [9.17, 15) is 4.79 Å². The zero-order valence-corrected chi connectivity index (χ0v) is 9.56. The molecule has 82 valence electrons. The lowest BCUT2D eigenvalue weighted by Gasteiger charge is -2.01. The topological polar surface area (TPSA) is 54.0 Å². The molecule has 0 aromatic carbocycles. The third kappa shape index (κ3) is 2.92. The number of aromatic nitrogens is 1. The SMILES string of the molecule is CNc1nc(CCNC(=O)C2CC2)cs1. The molecule has 1 aliphatic rings. The molecule has 0 aliphatic heterocycles. The standard InChI is InChI=1S/C10H15N3OS/c1-11-10-13-8(6-15-10)4-5-12-9(14)7-2-3-7/h6-7H,2-5H2,1H3,(H,11,13)(H,12,14). The number of amides is 1. The van der Waals surface area contributed by atoms with E-state index in [1.165, 1.54) is 0 Å². The summed E-state index contributed by atoms with van der Waals surface area (Å²) in [7, 11) is 1.86. The fourth-order valence-electron chi connectivity index (χ4n) is 1.34. The third-order valence-corrected chi connectivity index (χ3v) is 3.30. The van der Waals surface area contributed by atoms with Gasteiger partial charge in [-0.1, -0.05) is 0 Å². The van der Waals surface area contributed by atoms with E-state index in [4.69, 9.17) is 0 Å². The molecule has 0 spiro atoms. The van der Waals surface area contributed by atoms with E-state index >= 15 is 0 Å². The Labute approximate surface area is 93.1 Å². The van der Waals surface area contributed by atoms with E-state index in [2.05, 4.69) is 15.6 Å². The van der Waals surface area contributed by atoms with Crippen molar-refractivity contribution in [1.82, 2.24) is 10.3 Å². The molecular formula is C10H15N3OS. The van der Waals surface area contributed by atoms with Gasteiger partial charge in [0.15, 0.2) is 5.13 Å². The number of anilines is 1. The highest BCUT2D eigenvalue weighted by atomic mass is 32.1. The summed E-state index contributed by atoms with van der Waals surface area (Å²) in [4.78, 5) is 15.7. The lowest BCUT2D eigenvalue weighted by molar-refractivity contribution is -0.122. The van der Waals surface area contributed by atoms with E-state index < -0.39 is 0 Å². The number of carbonyl (C=O) groups excluding carboxylic acids is 1. The molecule has 0 saturated heterocycles. The van der Waals surface area contributed by atoms with Crippen LogP contribution >= 0.6 is 11.3 Å². The molecule has 1 amide bonds. The van der Waals surface area contributed by atoms with Gasteiger partial charge < -0.3 is 10.6 Å². The second-order valence-electron chi connectivity index (χ2n) is 3.71. The molecule has 0 unspecified atom stereocenters. The van der Waals surface area contributed by atoms with Gasteiger partial charge in [-0.3, -0.25) is 4.79 Å². The maximum absolute atomic E-state index is 11.3. The van der Waals surface area contributed by atoms with Gasteiger partial charge in [-0.05, 0) is 12.8 Å². The highest BCUT2D eigenvalue weighted by Gasteiger charge is 2.28. The Morgan fingerprint density at radius 2 is 2.47 bits per heavy atom. The van der Waals surface area contributed by atoms with Crippen molar-refractivity contribution in [3.05, 3.63) is 11.1 Å². The zero-order valence-electron chi connectivity index (χ0n) is 8.75.